The molecule has 0 saturated heterocycles. The van der Waals surface area contributed by atoms with Gasteiger partial charge in [0.05, 0.1) is 15.8 Å². The third kappa shape index (κ3) is 4.09. The molecular formula is C13H18ClNOS. The Bertz CT molecular complexity index is 369. The van der Waals surface area contributed by atoms with Gasteiger partial charge in [-0.25, -0.2) is 0 Å². The summed E-state index contributed by atoms with van der Waals surface area (Å²) in [5, 5.41) is 3.38. The quantitative estimate of drug-likeness (QED) is 0.665. The molecule has 1 aromatic rings. The molecule has 1 aliphatic carbocycles. The van der Waals surface area contributed by atoms with Crippen LogP contribution in [0.3, 0.4) is 0 Å². The Hall–Kier alpha value is -0.380. The molecule has 0 bridgehead atoms. The van der Waals surface area contributed by atoms with E-state index in [0.29, 0.717) is 16.9 Å². The topological polar surface area (TPSA) is 29.1 Å². The van der Waals surface area contributed by atoms with Crippen molar-refractivity contribution in [3.8, 4) is 0 Å². The summed E-state index contributed by atoms with van der Waals surface area (Å²) >= 11 is 7.18. The number of thiophene rings is 1. The average molecular weight is 272 g/mol. The molecule has 1 aliphatic rings. The van der Waals surface area contributed by atoms with Gasteiger partial charge in [0.15, 0.2) is 5.78 Å². The van der Waals surface area contributed by atoms with Crippen LogP contribution >= 0.6 is 22.9 Å². The fourth-order valence-electron chi connectivity index (χ4n) is 2.27. The van der Waals surface area contributed by atoms with E-state index in [2.05, 4.69) is 5.32 Å². The first-order valence-electron chi connectivity index (χ1n) is 6.27. The lowest BCUT2D eigenvalue weighted by Crippen LogP contribution is -2.33. The lowest BCUT2D eigenvalue weighted by molar-refractivity contribution is 0.0990. The zero-order valence-corrected chi connectivity index (χ0v) is 11.4. The summed E-state index contributed by atoms with van der Waals surface area (Å²) in [4.78, 5) is 12.6. The molecule has 0 radical (unpaired) electrons. The van der Waals surface area contributed by atoms with Gasteiger partial charge in [-0.2, -0.15) is 0 Å². The Morgan fingerprint density at radius 2 is 2.00 bits per heavy atom. The predicted octanol–water partition coefficient (Wildman–Crippen LogP) is 3.90. The summed E-state index contributed by atoms with van der Waals surface area (Å²) in [6, 6.07) is 4.12. The van der Waals surface area contributed by atoms with E-state index < -0.39 is 0 Å². The minimum atomic E-state index is 0.158. The van der Waals surface area contributed by atoms with E-state index in [1.807, 2.05) is 6.07 Å². The maximum Gasteiger partial charge on any atom is 0.186 e. The number of carbonyl (C=O) groups is 1. The van der Waals surface area contributed by atoms with Gasteiger partial charge in [0, 0.05) is 6.04 Å². The van der Waals surface area contributed by atoms with Crippen LogP contribution in [0.5, 0.6) is 0 Å². The fraction of sp³-hybridized carbons (Fsp3) is 0.615. The van der Waals surface area contributed by atoms with Crippen molar-refractivity contribution in [3.05, 3.63) is 21.3 Å². The summed E-state index contributed by atoms with van der Waals surface area (Å²) in [7, 11) is 0. The number of halogens is 1. The Morgan fingerprint density at radius 1 is 1.29 bits per heavy atom. The highest BCUT2D eigenvalue weighted by molar-refractivity contribution is 7.18. The zero-order chi connectivity index (χ0) is 12.1. The number of rotatable bonds is 4. The van der Waals surface area contributed by atoms with Crippen molar-refractivity contribution in [2.24, 2.45) is 0 Å². The van der Waals surface area contributed by atoms with Gasteiger partial charge in [-0.1, -0.05) is 37.3 Å². The van der Waals surface area contributed by atoms with Crippen molar-refractivity contribution in [1.82, 2.24) is 5.32 Å². The van der Waals surface area contributed by atoms with E-state index in [1.165, 1.54) is 49.9 Å². The Labute approximate surface area is 111 Å². The first-order chi connectivity index (χ1) is 8.25. The van der Waals surface area contributed by atoms with E-state index in [4.69, 9.17) is 11.6 Å². The van der Waals surface area contributed by atoms with Gasteiger partial charge < -0.3 is 5.32 Å². The number of ketones is 1. The highest BCUT2D eigenvalue weighted by Crippen LogP contribution is 2.22. The summed E-state index contributed by atoms with van der Waals surface area (Å²) in [6.45, 7) is 0.446. The lowest BCUT2D eigenvalue weighted by atomic mass is 10.1. The number of hydrogen-bond acceptors (Lipinski definition) is 3. The minimum absolute atomic E-state index is 0.158. The summed E-state index contributed by atoms with van der Waals surface area (Å²) < 4.78 is 0.683. The standard InChI is InChI=1S/C13H18ClNOS/c14-13-8-7-12(17-13)11(16)9-15-10-5-3-1-2-4-6-10/h7-8,10,15H,1-6,9H2. The fourth-order valence-corrected chi connectivity index (χ4v) is 3.25. The van der Waals surface area contributed by atoms with Crippen LogP contribution in [-0.2, 0) is 0 Å². The predicted molar refractivity (Wildman–Crippen MR) is 73.2 cm³/mol. The van der Waals surface area contributed by atoms with Gasteiger partial charge in [-0.05, 0) is 25.0 Å². The molecule has 0 unspecified atom stereocenters. The molecule has 1 fully saturated rings. The summed E-state index contributed by atoms with van der Waals surface area (Å²) in [5.74, 6) is 0.158. The number of carbonyl (C=O) groups excluding carboxylic acids is 1. The van der Waals surface area contributed by atoms with Crippen molar-refractivity contribution in [1.29, 1.82) is 0 Å². The summed E-state index contributed by atoms with van der Waals surface area (Å²) in [6.07, 6.45) is 7.67. The van der Waals surface area contributed by atoms with Gasteiger partial charge in [-0.15, -0.1) is 11.3 Å². The van der Waals surface area contributed by atoms with E-state index >= 15 is 0 Å². The second kappa shape index (κ2) is 6.53. The van der Waals surface area contributed by atoms with Crippen molar-refractivity contribution < 1.29 is 4.79 Å². The number of nitrogens with one attached hydrogen (secondary N) is 1. The van der Waals surface area contributed by atoms with Gasteiger partial charge in [0.1, 0.15) is 0 Å². The van der Waals surface area contributed by atoms with Crippen LogP contribution in [-0.4, -0.2) is 18.4 Å². The van der Waals surface area contributed by atoms with Crippen molar-refractivity contribution in [2.45, 2.75) is 44.6 Å². The molecule has 0 spiro atoms. The van der Waals surface area contributed by atoms with E-state index in [9.17, 15) is 4.79 Å². The number of hydrogen-bond donors (Lipinski definition) is 1. The van der Waals surface area contributed by atoms with Gasteiger partial charge in [-0.3, -0.25) is 4.79 Å². The van der Waals surface area contributed by atoms with Crippen LogP contribution in [0.15, 0.2) is 12.1 Å². The third-order valence-electron chi connectivity index (χ3n) is 3.25. The van der Waals surface area contributed by atoms with Crippen LogP contribution in [0.4, 0.5) is 0 Å². The largest absolute Gasteiger partial charge is 0.307 e. The molecule has 2 nitrogen and oxygen atoms in total. The Balaban J connectivity index is 1.79. The molecule has 0 aromatic carbocycles. The molecule has 2 rings (SSSR count). The second-order valence-electron chi connectivity index (χ2n) is 4.60. The molecule has 1 heterocycles. The van der Waals surface area contributed by atoms with Gasteiger partial charge in [0.2, 0.25) is 0 Å². The van der Waals surface area contributed by atoms with Crippen molar-refractivity contribution in [3.63, 3.8) is 0 Å². The van der Waals surface area contributed by atoms with Gasteiger partial charge >= 0.3 is 0 Å². The molecule has 4 heteroatoms. The van der Waals surface area contributed by atoms with Crippen LogP contribution in [0, 0.1) is 0 Å². The minimum Gasteiger partial charge on any atom is -0.307 e. The van der Waals surface area contributed by atoms with Crippen LogP contribution in [0.2, 0.25) is 4.34 Å². The monoisotopic (exact) mass is 271 g/mol. The molecule has 1 N–H and O–H groups in total. The average Bonchev–Trinajstić information content (AvgIpc) is 2.61. The van der Waals surface area contributed by atoms with E-state index in [1.54, 1.807) is 6.07 Å². The van der Waals surface area contributed by atoms with E-state index in [0.717, 1.165) is 4.88 Å². The summed E-state index contributed by atoms with van der Waals surface area (Å²) in [5.41, 5.74) is 0. The van der Waals surface area contributed by atoms with Crippen LogP contribution < -0.4 is 5.32 Å². The normalized spacial score (nSPS) is 17.9. The molecule has 0 atom stereocenters. The number of Topliss-reactive ketones (excluding diaryl/α,β-unsaturated/α-hetero) is 1. The maximum atomic E-state index is 11.9. The molecule has 17 heavy (non-hydrogen) atoms. The van der Waals surface area contributed by atoms with Crippen molar-refractivity contribution >= 4 is 28.7 Å². The Morgan fingerprint density at radius 3 is 2.59 bits per heavy atom. The lowest BCUT2D eigenvalue weighted by Gasteiger charge is -2.14. The highest BCUT2D eigenvalue weighted by Gasteiger charge is 2.14. The van der Waals surface area contributed by atoms with E-state index in [-0.39, 0.29) is 5.78 Å². The zero-order valence-electron chi connectivity index (χ0n) is 9.88. The Kier molecular flexibility index (Phi) is 5.01. The first-order valence-corrected chi connectivity index (χ1v) is 7.47. The molecular weight excluding hydrogens is 254 g/mol. The van der Waals surface area contributed by atoms with Crippen LogP contribution in [0.1, 0.15) is 48.2 Å². The first kappa shape index (κ1) is 13.1. The molecule has 1 aromatic heterocycles. The SMILES string of the molecule is O=C(CNC1CCCCCC1)c1ccc(Cl)s1. The molecule has 94 valence electrons. The molecule has 1 saturated carbocycles. The van der Waals surface area contributed by atoms with Crippen molar-refractivity contribution in [2.75, 3.05) is 6.54 Å². The second-order valence-corrected chi connectivity index (χ2v) is 6.31. The maximum absolute atomic E-state index is 11.9. The van der Waals surface area contributed by atoms with Crippen LogP contribution in [0.25, 0.3) is 0 Å². The smallest absolute Gasteiger partial charge is 0.186 e. The van der Waals surface area contributed by atoms with Gasteiger partial charge in [0.25, 0.3) is 0 Å². The molecule has 0 amide bonds. The molecule has 0 aliphatic heterocycles. The third-order valence-corrected chi connectivity index (χ3v) is 4.53. The highest BCUT2D eigenvalue weighted by atomic mass is 35.5.